The van der Waals surface area contributed by atoms with E-state index in [1.807, 2.05) is 11.7 Å². The molecular formula is C20H26ClN3. The van der Waals surface area contributed by atoms with Gasteiger partial charge in [0.05, 0.1) is 6.04 Å². The average molecular weight is 344 g/mol. The quantitative estimate of drug-likeness (QED) is 0.610. The maximum atomic E-state index is 4.83. The van der Waals surface area contributed by atoms with Gasteiger partial charge in [-0.15, -0.1) is 0 Å². The molecule has 0 radical (unpaired) electrons. The lowest BCUT2D eigenvalue weighted by Crippen LogP contribution is -3.00. The standard InChI is InChI=1S/C20H26N3.ClH/c1-15-10-12-16(13-11-15)23(5)21-14-19-20(2,3)17-8-6-7-9-18(17)22(19)4;/h6-13,19H,14H2,1-5H3;1H/q+1;/p-1. The zero-order chi connectivity index (χ0) is 16.6. The molecule has 1 aliphatic heterocycles. The lowest BCUT2D eigenvalue weighted by Gasteiger charge is -2.29. The van der Waals surface area contributed by atoms with Crippen LogP contribution in [0.3, 0.4) is 0 Å². The molecule has 1 heterocycles. The molecule has 3 rings (SSSR count). The van der Waals surface area contributed by atoms with Crippen molar-refractivity contribution in [1.82, 2.24) is 0 Å². The van der Waals surface area contributed by atoms with E-state index in [1.54, 1.807) is 0 Å². The Morgan fingerprint density at radius 2 is 1.71 bits per heavy atom. The molecule has 0 bridgehead atoms. The molecule has 24 heavy (non-hydrogen) atoms. The van der Waals surface area contributed by atoms with Crippen LogP contribution in [-0.2, 0) is 5.41 Å². The summed E-state index contributed by atoms with van der Waals surface area (Å²) in [6, 6.07) is 17.6. The number of benzene rings is 2. The highest BCUT2D eigenvalue weighted by Crippen LogP contribution is 2.44. The van der Waals surface area contributed by atoms with E-state index in [1.165, 1.54) is 16.8 Å². The van der Waals surface area contributed by atoms with Crippen molar-refractivity contribution in [3.05, 3.63) is 59.7 Å². The van der Waals surface area contributed by atoms with E-state index in [9.17, 15) is 0 Å². The van der Waals surface area contributed by atoms with Gasteiger partial charge >= 0.3 is 0 Å². The molecule has 0 amide bonds. The molecule has 4 heteroatoms. The van der Waals surface area contributed by atoms with Crippen molar-refractivity contribution < 1.29 is 17.1 Å². The summed E-state index contributed by atoms with van der Waals surface area (Å²) in [6.45, 7) is 7.53. The lowest BCUT2D eigenvalue weighted by atomic mass is 9.80. The minimum absolute atomic E-state index is 0. The molecular weight excluding hydrogens is 318 g/mol. The number of para-hydroxylation sites is 1. The molecule has 0 aromatic heterocycles. The van der Waals surface area contributed by atoms with E-state index < -0.39 is 0 Å². The Kier molecular flexibility index (Phi) is 5.34. The van der Waals surface area contributed by atoms with Crippen molar-refractivity contribution >= 4 is 11.4 Å². The topological polar surface area (TPSA) is 18.6 Å². The fraction of sp³-hybridized carbons (Fsp3) is 0.400. The summed E-state index contributed by atoms with van der Waals surface area (Å²) < 4.78 is 1.99. The van der Waals surface area contributed by atoms with Gasteiger partial charge in [0.25, 0.3) is 0 Å². The van der Waals surface area contributed by atoms with Crippen molar-refractivity contribution in [3.8, 4) is 0 Å². The summed E-state index contributed by atoms with van der Waals surface area (Å²) in [6.07, 6.45) is 0. The number of likely N-dealkylation sites (N-methyl/N-ethyl adjacent to an activating group) is 1. The van der Waals surface area contributed by atoms with Gasteiger partial charge in [-0.3, -0.25) is 0 Å². The molecule has 1 atom stereocenters. The largest absolute Gasteiger partial charge is 1.00 e. The molecule has 0 fully saturated rings. The Morgan fingerprint density at radius 1 is 1.08 bits per heavy atom. The first-order valence-electron chi connectivity index (χ1n) is 8.21. The summed E-state index contributed by atoms with van der Waals surface area (Å²) in [4.78, 5) is 2.38. The van der Waals surface area contributed by atoms with Gasteiger partial charge in [-0.05, 0) is 23.7 Å². The van der Waals surface area contributed by atoms with Gasteiger partial charge in [0.15, 0.2) is 7.05 Å². The summed E-state index contributed by atoms with van der Waals surface area (Å²) in [5.74, 6) is 0. The second-order valence-electron chi connectivity index (χ2n) is 7.05. The highest BCUT2D eigenvalue weighted by molar-refractivity contribution is 5.63. The van der Waals surface area contributed by atoms with Crippen LogP contribution in [0.2, 0.25) is 0 Å². The van der Waals surface area contributed by atoms with E-state index in [-0.39, 0.29) is 17.8 Å². The molecule has 128 valence electrons. The average Bonchev–Trinajstić information content (AvgIpc) is 2.73. The monoisotopic (exact) mass is 343 g/mol. The van der Waals surface area contributed by atoms with E-state index in [0.29, 0.717) is 6.04 Å². The number of nitrogens with zero attached hydrogens (tertiary/aromatic N) is 3. The maximum absolute atomic E-state index is 4.83. The number of aryl methyl sites for hydroxylation is 1. The SMILES string of the molecule is Cc1ccc([N+](C)=NCC2N(C)c3ccccc3C2(C)C)cc1.[Cl-]. The highest BCUT2D eigenvalue weighted by Gasteiger charge is 2.43. The van der Waals surface area contributed by atoms with Crippen LogP contribution in [0.25, 0.3) is 0 Å². The number of rotatable bonds is 3. The summed E-state index contributed by atoms with van der Waals surface area (Å²) in [7, 11) is 4.21. The predicted octanol–water partition coefficient (Wildman–Crippen LogP) is 1.52. The minimum atomic E-state index is 0. The summed E-state index contributed by atoms with van der Waals surface area (Å²) >= 11 is 0. The molecule has 0 N–H and O–H groups in total. The van der Waals surface area contributed by atoms with Crippen LogP contribution >= 0.6 is 0 Å². The molecule has 2 aromatic rings. The van der Waals surface area contributed by atoms with Crippen LogP contribution < -0.4 is 17.3 Å². The number of anilines is 1. The van der Waals surface area contributed by atoms with E-state index in [2.05, 4.69) is 81.2 Å². The minimum Gasteiger partial charge on any atom is -1.00 e. The van der Waals surface area contributed by atoms with Gasteiger partial charge in [0.1, 0.15) is 6.54 Å². The van der Waals surface area contributed by atoms with Crippen LogP contribution in [0.4, 0.5) is 11.4 Å². The van der Waals surface area contributed by atoms with E-state index in [0.717, 1.165) is 12.2 Å². The zero-order valence-corrected chi connectivity index (χ0v) is 15.9. The summed E-state index contributed by atoms with van der Waals surface area (Å²) in [5, 5.41) is 4.83. The zero-order valence-electron chi connectivity index (χ0n) is 15.1. The van der Waals surface area contributed by atoms with Crippen LogP contribution in [0, 0.1) is 6.92 Å². The van der Waals surface area contributed by atoms with Crippen molar-refractivity contribution in [2.45, 2.75) is 32.2 Å². The van der Waals surface area contributed by atoms with Crippen molar-refractivity contribution in [1.29, 1.82) is 0 Å². The number of fused-ring (bicyclic) bond motifs is 1. The Balaban J connectivity index is 0.00000208. The second-order valence-corrected chi connectivity index (χ2v) is 7.05. The van der Waals surface area contributed by atoms with Crippen molar-refractivity contribution in [2.24, 2.45) is 5.11 Å². The Hall–Kier alpha value is -1.87. The molecule has 0 aliphatic carbocycles. The highest BCUT2D eigenvalue weighted by atomic mass is 35.5. The van der Waals surface area contributed by atoms with Gasteiger partial charge < -0.3 is 17.3 Å². The van der Waals surface area contributed by atoms with Crippen LogP contribution in [-0.4, -0.2) is 31.4 Å². The molecule has 2 aromatic carbocycles. The number of halogens is 1. The van der Waals surface area contributed by atoms with Gasteiger partial charge in [-0.25, -0.2) is 0 Å². The fourth-order valence-electron chi connectivity index (χ4n) is 3.55. The second kappa shape index (κ2) is 6.94. The Labute approximate surface area is 151 Å². The number of hydrogen-bond acceptors (Lipinski definition) is 2. The molecule has 1 unspecified atom stereocenters. The third kappa shape index (κ3) is 3.18. The molecule has 0 saturated heterocycles. The van der Waals surface area contributed by atoms with Crippen molar-refractivity contribution in [3.63, 3.8) is 0 Å². The smallest absolute Gasteiger partial charge is 0.231 e. The van der Waals surface area contributed by atoms with E-state index in [4.69, 9.17) is 5.11 Å². The number of hydrogen-bond donors (Lipinski definition) is 0. The first kappa shape index (κ1) is 18.5. The van der Waals surface area contributed by atoms with Crippen LogP contribution in [0.15, 0.2) is 53.6 Å². The lowest BCUT2D eigenvalue weighted by molar-refractivity contribution is -0.483. The van der Waals surface area contributed by atoms with Gasteiger partial charge in [0.2, 0.25) is 5.69 Å². The molecule has 0 spiro atoms. The van der Waals surface area contributed by atoms with Crippen molar-refractivity contribution in [2.75, 3.05) is 25.5 Å². The fourth-order valence-corrected chi connectivity index (χ4v) is 3.55. The predicted molar refractivity (Wildman–Crippen MR) is 96.0 cm³/mol. The van der Waals surface area contributed by atoms with Gasteiger partial charge in [-0.2, -0.15) is 0 Å². The van der Waals surface area contributed by atoms with Gasteiger partial charge in [0, 0.05) is 30.3 Å². The molecule has 0 saturated carbocycles. The molecule has 1 aliphatic rings. The van der Waals surface area contributed by atoms with E-state index >= 15 is 0 Å². The first-order valence-corrected chi connectivity index (χ1v) is 8.21. The third-order valence-corrected chi connectivity index (χ3v) is 5.15. The van der Waals surface area contributed by atoms with Crippen LogP contribution in [0.5, 0.6) is 0 Å². The van der Waals surface area contributed by atoms with Crippen LogP contribution in [0.1, 0.15) is 25.0 Å². The number of azo groups is 2. The normalized spacial score (nSPS) is 19.0. The van der Waals surface area contributed by atoms with Gasteiger partial charge in [-0.1, -0.05) is 54.4 Å². The third-order valence-electron chi connectivity index (χ3n) is 5.15. The maximum Gasteiger partial charge on any atom is 0.231 e. The Morgan fingerprint density at radius 3 is 2.33 bits per heavy atom. The first-order chi connectivity index (χ1) is 10.9. The Bertz CT molecular complexity index is 735. The summed E-state index contributed by atoms with van der Waals surface area (Å²) in [5.41, 5.74) is 5.25. The molecule has 3 nitrogen and oxygen atoms in total.